The summed E-state index contributed by atoms with van der Waals surface area (Å²) in [6, 6.07) is 7.45. The van der Waals surface area contributed by atoms with E-state index in [1.165, 1.54) is 0 Å². The average Bonchev–Trinajstić information content (AvgIpc) is 2.89. The lowest BCUT2D eigenvalue weighted by Crippen LogP contribution is -2.22. The fraction of sp³-hybridized carbons (Fsp3) is 0.267. The molecular formula is C15H15ClN4O. The number of aromatic nitrogens is 4. The molecule has 2 heterocycles. The highest BCUT2D eigenvalue weighted by atomic mass is 35.5. The Morgan fingerprint density at radius 1 is 1.14 bits per heavy atom. The first-order chi connectivity index (χ1) is 10.2. The molecule has 5 nitrogen and oxygen atoms in total. The van der Waals surface area contributed by atoms with Gasteiger partial charge in [-0.2, -0.15) is 0 Å². The van der Waals surface area contributed by atoms with Crippen molar-refractivity contribution in [1.29, 1.82) is 0 Å². The Morgan fingerprint density at radius 2 is 1.90 bits per heavy atom. The number of fused-ring (bicyclic) bond motifs is 1. The van der Waals surface area contributed by atoms with Gasteiger partial charge in [0.1, 0.15) is 5.82 Å². The Labute approximate surface area is 126 Å². The Balaban J connectivity index is 1.98. The van der Waals surface area contributed by atoms with Crippen LogP contribution in [-0.4, -0.2) is 19.2 Å². The first-order valence-corrected chi connectivity index (χ1v) is 7.24. The maximum absolute atomic E-state index is 12.4. The van der Waals surface area contributed by atoms with Crippen molar-refractivity contribution in [2.75, 3.05) is 0 Å². The van der Waals surface area contributed by atoms with E-state index in [4.69, 9.17) is 11.6 Å². The quantitative estimate of drug-likeness (QED) is 0.744. The van der Waals surface area contributed by atoms with Gasteiger partial charge in [0.05, 0.1) is 6.54 Å². The third-order valence-corrected chi connectivity index (χ3v) is 3.61. The zero-order chi connectivity index (χ0) is 14.8. The molecule has 0 aliphatic rings. The summed E-state index contributed by atoms with van der Waals surface area (Å²) in [7, 11) is 0. The van der Waals surface area contributed by atoms with E-state index in [1.54, 1.807) is 15.2 Å². The van der Waals surface area contributed by atoms with Crippen molar-refractivity contribution >= 4 is 17.2 Å². The van der Waals surface area contributed by atoms with E-state index >= 15 is 0 Å². The summed E-state index contributed by atoms with van der Waals surface area (Å²) in [6.45, 7) is 2.56. The molecule has 1 aromatic carbocycles. The fourth-order valence-electron chi connectivity index (χ4n) is 2.27. The zero-order valence-corrected chi connectivity index (χ0v) is 12.4. The monoisotopic (exact) mass is 302 g/mol. The number of nitrogens with zero attached hydrogens (tertiary/aromatic N) is 4. The molecular weight excluding hydrogens is 288 g/mol. The van der Waals surface area contributed by atoms with Crippen molar-refractivity contribution in [2.45, 2.75) is 26.3 Å². The van der Waals surface area contributed by atoms with Crippen LogP contribution in [-0.2, 0) is 13.0 Å². The van der Waals surface area contributed by atoms with Crippen LogP contribution in [0, 0.1) is 0 Å². The largest absolute Gasteiger partial charge is 0.306 e. The Bertz CT molecular complexity index is 820. The topological polar surface area (TPSA) is 52.2 Å². The molecule has 0 saturated heterocycles. The van der Waals surface area contributed by atoms with Gasteiger partial charge in [-0.1, -0.05) is 30.7 Å². The van der Waals surface area contributed by atoms with Crippen LogP contribution in [0.15, 0.2) is 41.5 Å². The molecule has 0 saturated carbocycles. The highest BCUT2D eigenvalue weighted by molar-refractivity contribution is 6.30. The van der Waals surface area contributed by atoms with Crippen molar-refractivity contribution in [3.8, 4) is 0 Å². The van der Waals surface area contributed by atoms with Gasteiger partial charge in [-0.05, 0) is 24.1 Å². The molecule has 3 aromatic rings. The SMILES string of the molecule is CCCc1nnc2c(=O)n(Cc3ccc(Cl)cc3)ccn12. The van der Waals surface area contributed by atoms with E-state index in [2.05, 4.69) is 17.1 Å². The summed E-state index contributed by atoms with van der Waals surface area (Å²) in [5, 5.41) is 8.78. The summed E-state index contributed by atoms with van der Waals surface area (Å²) < 4.78 is 3.40. The second-order valence-corrected chi connectivity index (χ2v) is 5.35. The lowest BCUT2D eigenvalue weighted by atomic mass is 10.2. The van der Waals surface area contributed by atoms with Crippen molar-refractivity contribution in [2.24, 2.45) is 0 Å². The average molecular weight is 303 g/mol. The van der Waals surface area contributed by atoms with E-state index < -0.39 is 0 Å². The van der Waals surface area contributed by atoms with Gasteiger partial charge >= 0.3 is 0 Å². The number of hydrogen-bond donors (Lipinski definition) is 0. The van der Waals surface area contributed by atoms with Crippen LogP contribution in [0.2, 0.25) is 5.02 Å². The summed E-state index contributed by atoms with van der Waals surface area (Å²) >= 11 is 5.87. The molecule has 3 rings (SSSR count). The normalized spacial score (nSPS) is 11.1. The number of hydrogen-bond acceptors (Lipinski definition) is 3. The highest BCUT2D eigenvalue weighted by Gasteiger charge is 2.10. The third kappa shape index (κ3) is 2.69. The van der Waals surface area contributed by atoms with Crippen LogP contribution >= 0.6 is 11.6 Å². The summed E-state index contributed by atoms with van der Waals surface area (Å²) in [6.07, 6.45) is 5.39. The number of aryl methyl sites for hydroxylation is 1. The first-order valence-electron chi connectivity index (χ1n) is 6.86. The van der Waals surface area contributed by atoms with Gasteiger partial charge < -0.3 is 4.57 Å². The Kier molecular flexibility index (Phi) is 3.75. The number of rotatable bonds is 4. The number of halogens is 1. The van der Waals surface area contributed by atoms with E-state index in [1.807, 2.05) is 30.5 Å². The maximum Gasteiger partial charge on any atom is 0.296 e. The van der Waals surface area contributed by atoms with Crippen molar-refractivity contribution in [3.05, 3.63) is 63.4 Å². The molecule has 0 fully saturated rings. The van der Waals surface area contributed by atoms with Gasteiger partial charge in [-0.15, -0.1) is 10.2 Å². The summed E-state index contributed by atoms with van der Waals surface area (Å²) in [4.78, 5) is 12.4. The van der Waals surface area contributed by atoms with Gasteiger partial charge in [-0.25, -0.2) is 0 Å². The molecule has 0 bridgehead atoms. The smallest absolute Gasteiger partial charge is 0.296 e. The van der Waals surface area contributed by atoms with Gasteiger partial charge in [-0.3, -0.25) is 9.20 Å². The molecule has 0 aliphatic carbocycles. The van der Waals surface area contributed by atoms with Crippen LogP contribution in [0.5, 0.6) is 0 Å². The van der Waals surface area contributed by atoms with E-state index in [-0.39, 0.29) is 5.56 Å². The lowest BCUT2D eigenvalue weighted by Gasteiger charge is -2.06. The predicted molar refractivity (Wildman–Crippen MR) is 81.8 cm³/mol. The Hall–Kier alpha value is -2.14. The van der Waals surface area contributed by atoms with Gasteiger partial charge in [0.25, 0.3) is 5.56 Å². The molecule has 0 unspecified atom stereocenters. The van der Waals surface area contributed by atoms with E-state index in [9.17, 15) is 4.79 Å². The highest BCUT2D eigenvalue weighted by Crippen LogP contribution is 2.10. The van der Waals surface area contributed by atoms with E-state index in [0.29, 0.717) is 17.2 Å². The third-order valence-electron chi connectivity index (χ3n) is 3.35. The molecule has 0 N–H and O–H groups in total. The molecule has 2 aromatic heterocycles. The molecule has 21 heavy (non-hydrogen) atoms. The van der Waals surface area contributed by atoms with Gasteiger partial charge in [0.2, 0.25) is 5.65 Å². The zero-order valence-electron chi connectivity index (χ0n) is 11.7. The molecule has 0 aliphatic heterocycles. The van der Waals surface area contributed by atoms with Crippen LogP contribution < -0.4 is 5.56 Å². The van der Waals surface area contributed by atoms with Crippen molar-refractivity contribution in [1.82, 2.24) is 19.2 Å². The lowest BCUT2D eigenvalue weighted by molar-refractivity contribution is 0.744. The molecule has 0 spiro atoms. The second-order valence-electron chi connectivity index (χ2n) is 4.92. The van der Waals surface area contributed by atoms with Crippen LogP contribution in [0.4, 0.5) is 0 Å². The summed E-state index contributed by atoms with van der Waals surface area (Å²) in [5.74, 6) is 0.822. The van der Waals surface area contributed by atoms with Gasteiger partial charge in [0, 0.05) is 23.8 Å². The fourth-order valence-corrected chi connectivity index (χ4v) is 2.40. The predicted octanol–water partition coefficient (Wildman–Crippen LogP) is 2.55. The second kappa shape index (κ2) is 5.69. The minimum absolute atomic E-state index is 0.137. The maximum atomic E-state index is 12.4. The minimum atomic E-state index is -0.137. The number of benzene rings is 1. The first kappa shape index (κ1) is 13.8. The molecule has 0 amide bonds. The molecule has 6 heteroatoms. The minimum Gasteiger partial charge on any atom is -0.306 e. The summed E-state index contributed by atoms with van der Waals surface area (Å²) in [5.41, 5.74) is 1.25. The molecule has 0 atom stereocenters. The van der Waals surface area contributed by atoms with Crippen LogP contribution in [0.25, 0.3) is 5.65 Å². The van der Waals surface area contributed by atoms with Crippen LogP contribution in [0.1, 0.15) is 24.7 Å². The van der Waals surface area contributed by atoms with Gasteiger partial charge in [0.15, 0.2) is 0 Å². The van der Waals surface area contributed by atoms with Crippen molar-refractivity contribution < 1.29 is 0 Å². The van der Waals surface area contributed by atoms with Crippen LogP contribution in [0.3, 0.4) is 0 Å². The van der Waals surface area contributed by atoms with Crippen molar-refractivity contribution in [3.63, 3.8) is 0 Å². The van der Waals surface area contributed by atoms with E-state index in [0.717, 1.165) is 24.2 Å². The Morgan fingerprint density at radius 3 is 2.62 bits per heavy atom. The molecule has 0 radical (unpaired) electrons. The molecule has 108 valence electrons. The standard InChI is InChI=1S/C15H15ClN4O/c1-2-3-13-17-18-14-15(21)19(8-9-20(13)14)10-11-4-6-12(16)7-5-11/h4-9H,2-3,10H2,1H3.